The number of furan rings is 1. The highest BCUT2D eigenvalue weighted by Crippen LogP contribution is 2.23. The van der Waals surface area contributed by atoms with Gasteiger partial charge in [-0.2, -0.15) is 0 Å². The van der Waals surface area contributed by atoms with E-state index in [4.69, 9.17) is 4.42 Å². The largest absolute Gasteiger partial charge is 0.463 e. The molecular weight excluding hydrogens is 258 g/mol. The van der Waals surface area contributed by atoms with Crippen LogP contribution < -0.4 is 0 Å². The molecule has 19 heavy (non-hydrogen) atoms. The summed E-state index contributed by atoms with van der Waals surface area (Å²) in [6.07, 6.45) is 6.39. The second-order valence-electron chi connectivity index (χ2n) is 4.69. The van der Waals surface area contributed by atoms with E-state index in [1.807, 2.05) is 23.8 Å². The van der Waals surface area contributed by atoms with Crippen molar-refractivity contribution in [2.24, 2.45) is 0 Å². The molecule has 0 aromatic carbocycles. The Hall–Kier alpha value is -1.88. The van der Waals surface area contributed by atoms with Gasteiger partial charge in [-0.3, -0.25) is 0 Å². The Labute approximate surface area is 115 Å². The standard InChI is InChI=1S/C14H15N3OS/c1-10(2)17-7-11(15-9-17)6-14-16-12(8-19-14)13-4-3-5-18-13/h3-5,7-10H,6H2,1-2H3. The van der Waals surface area contributed by atoms with Crippen molar-refractivity contribution >= 4 is 11.3 Å². The minimum atomic E-state index is 0.441. The first-order chi connectivity index (χ1) is 9.22. The van der Waals surface area contributed by atoms with Crippen molar-refractivity contribution in [3.05, 3.63) is 47.0 Å². The first kappa shape index (κ1) is 12.2. The Morgan fingerprint density at radius 1 is 1.42 bits per heavy atom. The highest BCUT2D eigenvalue weighted by Gasteiger charge is 2.09. The van der Waals surface area contributed by atoms with E-state index < -0.39 is 0 Å². The normalized spacial score (nSPS) is 11.3. The zero-order chi connectivity index (χ0) is 13.2. The fourth-order valence-electron chi connectivity index (χ4n) is 1.84. The summed E-state index contributed by atoms with van der Waals surface area (Å²) < 4.78 is 7.45. The van der Waals surface area contributed by atoms with Crippen molar-refractivity contribution in [1.29, 1.82) is 0 Å². The number of imidazole rings is 1. The lowest BCUT2D eigenvalue weighted by atomic mass is 10.3. The van der Waals surface area contributed by atoms with Gasteiger partial charge in [0.2, 0.25) is 0 Å². The zero-order valence-corrected chi connectivity index (χ0v) is 11.7. The van der Waals surface area contributed by atoms with Crippen LogP contribution in [0.3, 0.4) is 0 Å². The Morgan fingerprint density at radius 2 is 2.32 bits per heavy atom. The maximum atomic E-state index is 5.34. The number of hydrogen-bond donors (Lipinski definition) is 0. The van der Waals surface area contributed by atoms with Crippen LogP contribution in [0, 0.1) is 0 Å². The van der Waals surface area contributed by atoms with E-state index in [2.05, 4.69) is 34.6 Å². The van der Waals surface area contributed by atoms with Gasteiger partial charge in [0.05, 0.1) is 23.3 Å². The van der Waals surface area contributed by atoms with Gasteiger partial charge in [-0.05, 0) is 26.0 Å². The fourth-order valence-corrected chi connectivity index (χ4v) is 2.64. The summed E-state index contributed by atoms with van der Waals surface area (Å²) in [5, 5.41) is 3.08. The van der Waals surface area contributed by atoms with Gasteiger partial charge in [-0.15, -0.1) is 11.3 Å². The van der Waals surface area contributed by atoms with Gasteiger partial charge in [0, 0.05) is 24.0 Å². The van der Waals surface area contributed by atoms with Crippen molar-refractivity contribution in [1.82, 2.24) is 14.5 Å². The van der Waals surface area contributed by atoms with Crippen LogP contribution in [0.15, 0.2) is 40.7 Å². The number of nitrogens with zero attached hydrogens (tertiary/aromatic N) is 3. The molecule has 3 heterocycles. The van der Waals surface area contributed by atoms with Crippen molar-refractivity contribution in [2.45, 2.75) is 26.3 Å². The molecule has 4 nitrogen and oxygen atoms in total. The molecule has 0 amide bonds. The molecule has 98 valence electrons. The lowest BCUT2D eigenvalue weighted by Gasteiger charge is -2.03. The van der Waals surface area contributed by atoms with Gasteiger partial charge in [-0.1, -0.05) is 0 Å². The highest BCUT2D eigenvalue weighted by molar-refractivity contribution is 7.10. The average molecular weight is 273 g/mol. The SMILES string of the molecule is CC(C)n1cnc(Cc2nc(-c3ccco3)cs2)c1. The van der Waals surface area contributed by atoms with Gasteiger partial charge < -0.3 is 8.98 Å². The summed E-state index contributed by atoms with van der Waals surface area (Å²) >= 11 is 1.64. The van der Waals surface area contributed by atoms with Crippen LogP contribution in [-0.2, 0) is 6.42 Å². The molecule has 0 aliphatic carbocycles. The van der Waals surface area contributed by atoms with Crippen LogP contribution >= 0.6 is 11.3 Å². The van der Waals surface area contributed by atoms with Crippen LogP contribution in [0.25, 0.3) is 11.5 Å². The van der Waals surface area contributed by atoms with Gasteiger partial charge in [0.15, 0.2) is 5.76 Å². The molecule has 0 spiro atoms. The van der Waals surface area contributed by atoms with Crippen LogP contribution in [0.4, 0.5) is 0 Å². The molecule has 0 radical (unpaired) electrons. The molecule has 0 aliphatic heterocycles. The third-order valence-corrected chi connectivity index (χ3v) is 3.76. The monoisotopic (exact) mass is 273 g/mol. The smallest absolute Gasteiger partial charge is 0.153 e. The molecule has 3 rings (SSSR count). The molecule has 5 heteroatoms. The lowest BCUT2D eigenvalue weighted by molar-refractivity contribution is 0.580. The number of rotatable bonds is 4. The predicted molar refractivity (Wildman–Crippen MR) is 75.2 cm³/mol. The second-order valence-corrected chi connectivity index (χ2v) is 5.63. The Morgan fingerprint density at radius 3 is 3.00 bits per heavy atom. The molecule has 0 fully saturated rings. The summed E-state index contributed by atoms with van der Waals surface area (Å²) in [6, 6.07) is 4.24. The van der Waals surface area contributed by atoms with E-state index in [1.54, 1.807) is 17.6 Å². The third kappa shape index (κ3) is 2.61. The summed E-state index contributed by atoms with van der Waals surface area (Å²) in [5.74, 6) is 0.815. The van der Waals surface area contributed by atoms with Crippen molar-refractivity contribution in [3.8, 4) is 11.5 Å². The van der Waals surface area contributed by atoms with E-state index in [1.165, 1.54) is 0 Å². The molecule has 3 aromatic heterocycles. The number of hydrogen-bond acceptors (Lipinski definition) is 4. The number of thiazole rings is 1. The molecule has 0 saturated heterocycles. The minimum Gasteiger partial charge on any atom is -0.463 e. The molecule has 0 saturated carbocycles. The summed E-state index contributed by atoms with van der Waals surface area (Å²) in [4.78, 5) is 8.99. The summed E-state index contributed by atoms with van der Waals surface area (Å²) in [6.45, 7) is 4.29. The Bertz CT molecular complexity index is 652. The van der Waals surface area contributed by atoms with Crippen molar-refractivity contribution in [2.75, 3.05) is 0 Å². The quantitative estimate of drug-likeness (QED) is 0.726. The van der Waals surface area contributed by atoms with Crippen LogP contribution in [0.1, 0.15) is 30.6 Å². The van der Waals surface area contributed by atoms with Gasteiger partial charge in [-0.25, -0.2) is 9.97 Å². The predicted octanol–water partition coefficient (Wildman–Crippen LogP) is 3.77. The first-order valence-electron chi connectivity index (χ1n) is 6.23. The minimum absolute atomic E-state index is 0.441. The van der Waals surface area contributed by atoms with Crippen LogP contribution in [0.5, 0.6) is 0 Å². The molecule has 0 unspecified atom stereocenters. The molecular formula is C14H15N3OS. The van der Waals surface area contributed by atoms with E-state index in [-0.39, 0.29) is 0 Å². The fraction of sp³-hybridized carbons (Fsp3) is 0.286. The van der Waals surface area contributed by atoms with E-state index in [0.29, 0.717) is 6.04 Å². The molecule has 0 aliphatic rings. The summed E-state index contributed by atoms with van der Waals surface area (Å²) in [7, 11) is 0. The van der Waals surface area contributed by atoms with Crippen LogP contribution in [-0.4, -0.2) is 14.5 Å². The van der Waals surface area contributed by atoms with E-state index in [0.717, 1.165) is 28.6 Å². The average Bonchev–Trinajstić information content (AvgIpc) is 3.09. The first-order valence-corrected chi connectivity index (χ1v) is 7.11. The zero-order valence-electron chi connectivity index (χ0n) is 10.9. The lowest BCUT2D eigenvalue weighted by Crippen LogP contribution is -1.96. The maximum absolute atomic E-state index is 5.34. The highest BCUT2D eigenvalue weighted by atomic mass is 32.1. The van der Waals surface area contributed by atoms with Crippen molar-refractivity contribution in [3.63, 3.8) is 0 Å². The maximum Gasteiger partial charge on any atom is 0.153 e. The van der Waals surface area contributed by atoms with Gasteiger partial charge in [0.1, 0.15) is 5.69 Å². The van der Waals surface area contributed by atoms with Gasteiger partial charge >= 0.3 is 0 Å². The molecule has 0 bridgehead atoms. The molecule has 0 atom stereocenters. The number of aromatic nitrogens is 3. The van der Waals surface area contributed by atoms with Crippen molar-refractivity contribution < 1.29 is 4.42 Å². The van der Waals surface area contributed by atoms with Crippen LogP contribution in [0.2, 0.25) is 0 Å². The van der Waals surface area contributed by atoms with E-state index >= 15 is 0 Å². The second kappa shape index (κ2) is 5.01. The molecule has 0 N–H and O–H groups in total. The Kier molecular flexibility index (Phi) is 3.21. The summed E-state index contributed by atoms with van der Waals surface area (Å²) in [5.41, 5.74) is 1.95. The topological polar surface area (TPSA) is 43.9 Å². The van der Waals surface area contributed by atoms with E-state index in [9.17, 15) is 0 Å². The Balaban J connectivity index is 1.76. The third-order valence-electron chi connectivity index (χ3n) is 2.91. The van der Waals surface area contributed by atoms with Gasteiger partial charge in [0.25, 0.3) is 0 Å². The molecule has 3 aromatic rings.